The summed E-state index contributed by atoms with van der Waals surface area (Å²) in [5.74, 6) is -0.456. The van der Waals surface area contributed by atoms with Gasteiger partial charge in [-0.2, -0.15) is 13.2 Å². The average Bonchev–Trinajstić information content (AvgIpc) is 2.41. The molecule has 1 aliphatic rings. The Morgan fingerprint density at radius 1 is 1.40 bits per heavy atom. The summed E-state index contributed by atoms with van der Waals surface area (Å²) in [5, 5.41) is 5.67. The van der Waals surface area contributed by atoms with Crippen LogP contribution in [0.3, 0.4) is 0 Å². The number of nitrogens with one attached hydrogen (secondary N) is 2. The van der Waals surface area contributed by atoms with E-state index >= 15 is 0 Å². The normalized spacial score (nSPS) is 19.7. The van der Waals surface area contributed by atoms with E-state index in [4.69, 9.17) is 0 Å². The van der Waals surface area contributed by atoms with E-state index in [1.165, 1.54) is 6.07 Å². The van der Waals surface area contributed by atoms with E-state index < -0.39 is 11.7 Å². The highest BCUT2D eigenvalue weighted by molar-refractivity contribution is 9.10. The third kappa shape index (κ3) is 3.73. The average molecular weight is 351 g/mol. The number of carbonyl (C=O) groups is 1. The summed E-state index contributed by atoms with van der Waals surface area (Å²) >= 11 is 3.15. The maximum absolute atomic E-state index is 12.7. The molecule has 1 fully saturated rings. The van der Waals surface area contributed by atoms with E-state index in [1.807, 2.05) is 0 Å². The molecule has 20 heavy (non-hydrogen) atoms. The largest absolute Gasteiger partial charge is 0.416 e. The summed E-state index contributed by atoms with van der Waals surface area (Å²) in [6.07, 6.45) is -2.79. The van der Waals surface area contributed by atoms with E-state index in [-0.39, 0.29) is 17.5 Å². The molecular formula is C13H14BrF3N2O. The predicted octanol–water partition coefficient (Wildman–Crippen LogP) is 3.41. The van der Waals surface area contributed by atoms with Crippen LogP contribution >= 0.6 is 15.9 Å². The third-order valence-corrected chi connectivity index (χ3v) is 3.91. The molecule has 2 N–H and O–H groups in total. The van der Waals surface area contributed by atoms with Crippen molar-refractivity contribution in [3.63, 3.8) is 0 Å². The van der Waals surface area contributed by atoms with Crippen molar-refractivity contribution in [1.29, 1.82) is 0 Å². The smallest absolute Gasteiger partial charge is 0.325 e. The minimum Gasteiger partial charge on any atom is -0.325 e. The number of alkyl halides is 3. The molecule has 0 saturated carbocycles. The lowest BCUT2D eigenvalue weighted by atomic mass is 9.99. The van der Waals surface area contributed by atoms with Gasteiger partial charge in [0.25, 0.3) is 0 Å². The van der Waals surface area contributed by atoms with E-state index in [9.17, 15) is 18.0 Å². The molecule has 0 aliphatic carbocycles. The molecule has 1 aromatic carbocycles. The summed E-state index contributed by atoms with van der Waals surface area (Å²) < 4.78 is 38.4. The molecule has 0 unspecified atom stereocenters. The van der Waals surface area contributed by atoms with Crippen molar-refractivity contribution in [2.45, 2.75) is 19.0 Å². The van der Waals surface area contributed by atoms with Gasteiger partial charge in [0.15, 0.2) is 0 Å². The monoisotopic (exact) mass is 350 g/mol. The zero-order valence-corrected chi connectivity index (χ0v) is 12.1. The van der Waals surface area contributed by atoms with Gasteiger partial charge in [-0.3, -0.25) is 4.79 Å². The lowest BCUT2D eigenvalue weighted by Crippen LogP contribution is -2.37. The molecule has 1 saturated heterocycles. The zero-order valence-electron chi connectivity index (χ0n) is 10.6. The number of carbonyl (C=O) groups excluding carboxylic acids is 1. The Balaban J connectivity index is 2.13. The molecule has 1 aliphatic heterocycles. The molecular weight excluding hydrogens is 337 g/mol. The topological polar surface area (TPSA) is 41.1 Å². The first-order chi connectivity index (χ1) is 9.38. The fourth-order valence-electron chi connectivity index (χ4n) is 2.11. The lowest BCUT2D eigenvalue weighted by Gasteiger charge is -2.22. The lowest BCUT2D eigenvalue weighted by molar-refractivity contribution is -0.137. The summed E-state index contributed by atoms with van der Waals surface area (Å²) in [7, 11) is 0. The van der Waals surface area contributed by atoms with Crippen LogP contribution in [-0.2, 0) is 11.0 Å². The van der Waals surface area contributed by atoms with Gasteiger partial charge < -0.3 is 10.6 Å². The SMILES string of the molecule is O=C(Nc1cc(C(F)(F)F)ccc1Br)[C@H]1CCCNC1. The Morgan fingerprint density at radius 3 is 2.75 bits per heavy atom. The first kappa shape index (κ1) is 15.3. The van der Waals surface area contributed by atoms with Crippen LogP contribution in [0.2, 0.25) is 0 Å². The Kier molecular flexibility index (Phi) is 4.70. The van der Waals surface area contributed by atoms with Gasteiger partial charge >= 0.3 is 6.18 Å². The van der Waals surface area contributed by atoms with Crippen molar-refractivity contribution in [3.05, 3.63) is 28.2 Å². The summed E-state index contributed by atoms with van der Waals surface area (Å²) in [4.78, 5) is 12.0. The molecule has 110 valence electrons. The minimum atomic E-state index is -4.42. The Hall–Kier alpha value is -1.08. The first-order valence-corrected chi connectivity index (χ1v) is 7.05. The summed E-state index contributed by atoms with van der Waals surface area (Å²) in [5.41, 5.74) is -0.631. The molecule has 1 aromatic rings. The number of hydrogen-bond donors (Lipinski definition) is 2. The second-order valence-corrected chi connectivity index (χ2v) is 5.58. The highest BCUT2D eigenvalue weighted by atomic mass is 79.9. The van der Waals surface area contributed by atoms with Crippen molar-refractivity contribution < 1.29 is 18.0 Å². The number of benzene rings is 1. The van der Waals surface area contributed by atoms with Crippen LogP contribution < -0.4 is 10.6 Å². The van der Waals surface area contributed by atoms with Crippen molar-refractivity contribution in [2.24, 2.45) is 5.92 Å². The van der Waals surface area contributed by atoms with Crippen molar-refractivity contribution in [2.75, 3.05) is 18.4 Å². The number of rotatable bonds is 2. The molecule has 2 rings (SSSR count). The van der Waals surface area contributed by atoms with Gasteiger partial charge in [-0.05, 0) is 53.5 Å². The van der Waals surface area contributed by atoms with Gasteiger partial charge in [-0.15, -0.1) is 0 Å². The number of hydrogen-bond acceptors (Lipinski definition) is 2. The van der Waals surface area contributed by atoms with Gasteiger partial charge in [0, 0.05) is 11.0 Å². The van der Waals surface area contributed by atoms with Crippen LogP contribution in [-0.4, -0.2) is 19.0 Å². The third-order valence-electron chi connectivity index (χ3n) is 3.22. The zero-order chi connectivity index (χ0) is 14.8. The highest BCUT2D eigenvalue weighted by Gasteiger charge is 2.31. The molecule has 0 bridgehead atoms. The fourth-order valence-corrected chi connectivity index (χ4v) is 2.45. The van der Waals surface area contributed by atoms with Gasteiger partial charge in [-0.25, -0.2) is 0 Å². The molecule has 3 nitrogen and oxygen atoms in total. The molecule has 0 aromatic heterocycles. The molecule has 7 heteroatoms. The summed E-state index contributed by atoms with van der Waals surface area (Å²) in [6.45, 7) is 1.43. The number of anilines is 1. The maximum Gasteiger partial charge on any atom is 0.416 e. The van der Waals surface area contributed by atoms with Gasteiger partial charge in [-0.1, -0.05) is 0 Å². The van der Waals surface area contributed by atoms with Gasteiger partial charge in [0.2, 0.25) is 5.91 Å². The number of amides is 1. The van der Waals surface area contributed by atoms with E-state index in [1.54, 1.807) is 0 Å². The van der Waals surface area contributed by atoms with Crippen molar-refractivity contribution >= 4 is 27.5 Å². The Bertz CT molecular complexity index is 499. The van der Waals surface area contributed by atoms with Crippen LogP contribution in [0.1, 0.15) is 18.4 Å². The predicted molar refractivity (Wildman–Crippen MR) is 73.4 cm³/mol. The van der Waals surface area contributed by atoms with Crippen molar-refractivity contribution in [3.8, 4) is 0 Å². The Morgan fingerprint density at radius 2 is 2.15 bits per heavy atom. The standard InChI is InChI=1S/C13H14BrF3N2O/c14-10-4-3-9(13(15,16)17)6-11(10)19-12(20)8-2-1-5-18-7-8/h3-4,6,8,18H,1-2,5,7H2,(H,19,20)/t8-/m0/s1. The molecule has 1 atom stereocenters. The molecule has 1 heterocycles. The summed E-state index contributed by atoms with van der Waals surface area (Å²) in [6, 6.07) is 3.21. The molecule has 1 amide bonds. The first-order valence-electron chi connectivity index (χ1n) is 6.26. The molecule has 0 radical (unpaired) electrons. The van der Waals surface area contributed by atoms with E-state index in [0.29, 0.717) is 11.0 Å². The van der Waals surface area contributed by atoms with Crippen LogP contribution in [0, 0.1) is 5.92 Å². The number of piperidine rings is 1. The van der Waals surface area contributed by atoms with Gasteiger partial charge in [0.1, 0.15) is 0 Å². The highest BCUT2D eigenvalue weighted by Crippen LogP contribution is 2.34. The minimum absolute atomic E-state index is 0.149. The fraction of sp³-hybridized carbons (Fsp3) is 0.462. The van der Waals surface area contributed by atoms with E-state index in [0.717, 1.165) is 31.5 Å². The van der Waals surface area contributed by atoms with Gasteiger partial charge in [0.05, 0.1) is 17.2 Å². The number of halogens is 4. The van der Waals surface area contributed by atoms with Crippen LogP contribution in [0.15, 0.2) is 22.7 Å². The second-order valence-electron chi connectivity index (χ2n) is 4.72. The van der Waals surface area contributed by atoms with E-state index in [2.05, 4.69) is 26.6 Å². The van der Waals surface area contributed by atoms with Crippen molar-refractivity contribution in [1.82, 2.24) is 5.32 Å². The van der Waals surface area contributed by atoms with Crippen LogP contribution in [0.4, 0.5) is 18.9 Å². The van der Waals surface area contributed by atoms with Crippen LogP contribution in [0.25, 0.3) is 0 Å². The van der Waals surface area contributed by atoms with Crippen LogP contribution in [0.5, 0.6) is 0 Å². The second kappa shape index (κ2) is 6.13. The molecule has 0 spiro atoms. The Labute approximate surface area is 123 Å². The quantitative estimate of drug-likeness (QED) is 0.858. The maximum atomic E-state index is 12.7.